The van der Waals surface area contributed by atoms with Gasteiger partial charge in [-0.1, -0.05) is 30.4 Å². The molecule has 1 aliphatic heterocycles. The van der Waals surface area contributed by atoms with Crippen molar-refractivity contribution < 1.29 is 18.1 Å². The summed E-state index contributed by atoms with van der Waals surface area (Å²) in [6.07, 6.45) is 7.95. The second-order valence-electron chi connectivity index (χ2n) is 7.39. The number of fused-ring (bicyclic) bond motifs is 3. The number of nitrogens with one attached hydrogen (secondary N) is 1. The van der Waals surface area contributed by atoms with E-state index in [4.69, 9.17) is 4.65 Å². The standard InChI is InChI=1S/C20H19BN2O4S/c24-21-11-17(20-16-7-4-8-18(16)22-12-19(20)27-21)13-9-14(10-13)23-28(25,26)15-5-2-1-3-6-15/h1-7,11-14,23-24H,8-10H2. The van der Waals surface area contributed by atoms with Crippen LogP contribution >= 0.6 is 0 Å². The van der Waals surface area contributed by atoms with E-state index >= 15 is 0 Å². The minimum atomic E-state index is -3.52. The van der Waals surface area contributed by atoms with E-state index in [0.29, 0.717) is 18.6 Å². The summed E-state index contributed by atoms with van der Waals surface area (Å²) in [5.41, 5.74) is 4.06. The lowest BCUT2D eigenvalue weighted by atomic mass is 9.68. The van der Waals surface area contributed by atoms with Gasteiger partial charge in [-0.15, -0.1) is 0 Å². The molecule has 2 aromatic rings. The van der Waals surface area contributed by atoms with Crippen LogP contribution in [0.15, 0.2) is 53.5 Å². The Kier molecular flexibility index (Phi) is 4.15. The Morgan fingerprint density at radius 1 is 1.21 bits per heavy atom. The molecule has 0 spiro atoms. The van der Waals surface area contributed by atoms with Gasteiger partial charge in [-0.25, -0.2) is 13.1 Å². The molecule has 0 unspecified atom stereocenters. The monoisotopic (exact) mass is 394 g/mol. The second-order valence-corrected chi connectivity index (χ2v) is 9.11. The third-order valence-electron chi connectivity index (χ3n) is 5.57. The molecule has 2 aliphatic carbocycles. The number of benzene rings is 1. The molecule has 1 aromatic heterocycles. The molecule has 0 bridgehead atoms. The van der Waals surface area contributed by atoms with E-state index in [0.717, 1.165) is 28.8 Å². The molecule has 2 N–H and O–H groups in total. The van der Waals surface area contributed by atoms with E-state index in [1.807, 2.05) is 6.08 Å². The van der Waals surface area contributed by atoms with Gasteiger partial charge in [0.2, 0.25) is 10.0 Å². The molecule has 0 amide bonds. The molecule has 0 atom stereocenters. The van der Waals surface area contributed by atoms with Gasteiger partial charge in [-0.05, 0) is 42.4 Å². The predicted molar refractivity (Wildman–Crippen MR) is 107 cm³/mol. The van der Waals surface area contributed by atoms with Crippen LogP contribution in [0.4, 0.5) is 0 Å². The number of rotatable bonds is 4. The topological polar surface area (TPSA) is 88.5 Å². The van der Waals surface area contributed by atoms with Crippen LogP contribution in [-0.4, -0.2) is 31.6 Å². The van der Waals surface area contributed by atoms with Crippen LogP contribution < -0.4 is 9.38 Å². The van der Waals surface area contributed by atoms with Crippen LogP contribution in [0.1, 0.15) is 29.7 Å². The molecule has 2 heterocycles. The zero-order valence-electron chi connectivity index (χ0n) is 15.1. The van der Waals surface area contributed by atoms with Gasteiger partial charge < -0.3 is 9.68 Å². The SMILES string of the molecule is O=S(=O)(NC1CC(C2=CB(O)Oc3cnc4c(c32)C=CC4)C1)c1ccccc1. The van der Waals surface area contributed by atoms with Crippen molar-refractivity contribution in [3.63, 3.8) is 0 Å². The summed E-state index contributed by atoms with van der Waals surface area (Å²) < 4.78 is 33.4. The van der Waals surface area contributed by atoms with E-state index in [2.05, 4.69) is 15.8 Å². The number of hydrogen-bond donors (Lipinski definition) is 2. The zero-order valence-corrected chi connectivity index (χ0v) is 15.9. The van der Waals surface area contributed by atoms with Gasteiger partial charge in [0.15, 0.2) is 0 Å². The Morgan fingerprint density at radius 2 is 2.00 bits per heavy atom. The summed E-state index contributed by atoms with van der Waals surface area (Å²) in [6, 6.07) is 8.28. The van der Waals surface area contributed by atoms with Gasteiger partial charge in [0.05, 0.1) is 16.8 Å². The lowest BCUT2D eigenvalue weighted by molar-refractivity contribution is 0.308. The highest BCUT2D eigenvalue weighted by atomic mass is 32.2. The number of aromatic nitrogens is 1. The van der Waals surface area contributed by atoms with E-state index in [1.54, 1.807) is 42.5 Å². The Labute approximate surface area is 164 Å². The number of pyridine rings is 1. The highest BCUT2D eigenvalue weighted by Crippen LogP contribution is 2.46. The first-order chi connectivity index (χ1) is 13.5. The van der Waals surface area contributed by atoms with E-state index in [9.17, 15) is 13.4 Å². The number of nitrogens with zero attached hydrogens (tertiary/aromatic N) is 1. The molecule has 6 nitrogen and oxygen atoms in total. The normalized spacial score (nSPS) is 22.8. The largest absolute Gasteiger partial charge is 0.552 e. The average molecular weight is 394 g/mol. The summed E-state index contributed by atoms with van der Waals surface area (Å²) in [5.74, 6) is 2.49. The Hall–Kier alpha value is -2.42. The van der Waals surface area contributed by atoms with E-state index < -0.39 is 17.1 Å². The minimum Gasteiger partial charge on any atom is -0.531 e. The highest BCUT2D eigenvalue weighted by molar-refractivity contribution is 7.89. The third kappa shape index (κ3) is 2.98. The zero-order chi connectivity index (χ0) is 19.3. The Morgan fingerprint density at radius 3 is 2.79 bits per heavy atom. The maximum atomic E-state index is 12.5. The summed E-state index contributed by atoms with van der Waals surface area (Å²) >= 11 is 0. The Balaban J connectivity index is 1.36. The van der Waals surface area contributed by atoms with Gasteiger partial charge in [0.1, 0.15) is 5.75 Å². The molecule has 0 saturated heterocycles. The van der Waals surface area contributed by atoms with Gasteiger partial charge in [-0.2, -0.15) is 0 Å². The quantitative estimate of drug-likeness (QED) is 0.777. The Bertz CT molecular complexity index is 1090. The molecule has 8 heteroatoms. The molecule has 1 aromatic carbocycles. The smallest absolute Gasteiger partial charge is 0.531 e. The van der Waals surface area contributed by atoms with Crippen molar-refractivity contribution in [2.45, 2.75) is 30.2 Å². The van der Waals surface area contributed by atoms with Crippen molar-refractivity contribution >= 4 is 28.8 Å². The van der Waals surface area contributed by atoms with Crippen molar-refractivity contribution in [2.24, 2.45) is 5.92 Å². The fourth-order valence-corrected chi connectivity index (χ4v) is 5.44. The number of hydrogen-bond acceptors (Lipinski definition) is 5. The van der Waals surface area contributed by atoms with Crippen LogP contribution in [0.3, 0.4) is 0 Å². The fraction of sp³-hybridized carbons (Fsp3) is 0.250. The molecular formula is C20H19BN2O4S. The fourth-order valence-electron chi connectivity index (χ4n) is 4.16. The molecule has 5 rings (SSSR count). The van der Waals surface area contributed by atoms with Gasteiger partial charge in [0, 0.05) is 23.6 Å². The average Bonchev–Trinajstić information content (AvgIpc) is 3.13. The first kappa shape index (κ1) is 17.7. The maximum Gasteiger partial charge on any atom is 0.552 e. The van der Waals surface area contributed by atoms with Gasteiger partial charge in [-0.3, -0.25) is 4.98 Å². The molecule has 1 fully saturated rings. The number of allylic oxidation sites excluding steroid dienone is 2. The number of sulfonamides is 1. The minimum absolute atomic E-state index is 0.120. The van der Waals surface area contributed by atoms with Crippen molar-refractivity contribution in [1.29, 1.82) is 0 Å². The lowest BCUT2D eigenvalue weighted by Crippen LogP contribution is -2.45. The third-order valence-corrected chi connectivity index (χ3v) is 7.11. The van der Waals surface area contributed by atoms with E-state index in [1.165, 1.54) is 0 Å². The van der Waals surface area contributed by atoms with Crippen LogP contribution in [0, 0.1) is 5.92 Å². The van der Waals surface area contributed by atoms with Gasteiger partial charge >= 0.3 is 7.12 Å². The van der Waals surface area contributed by atoms with Crippen molar-refractivity contribution in [3.05, 3.63) is 65.4 Å². The molecule has 1 saturated carbocycles. The molecular weight excluding hydrogens is 375 g/mol. The summed E-state index contributed by atoms with van der Waals surface area (Å²) in [6.45, 7) is 0. The first-order valence-electron chi connectivity index (χ1n) is 9.34. The van der Waals surface area contributed by atoms with Gasteiger partial charge in [0.25, 0.3) is 0 Å². The van der Waals surface area contributed by atoms with E-state index in [-0.39, 0.29) is 16.9 Å². The van der Waals surface area contributed by atoms with Crippen molar-refractivity contribution in [2.75, 3.05) is 0 Å². The summed E-state index contributed by atoms with van der Waals surface area (Å²) in [7, 11) is -4.53. The predicted octanol–water partition coefficient (Wildman–Crippen LogP) is 2.20. The summed E-state index contributed by atoms with van der Waals surface area (Å²) in [4.78, 5) is 4.70. The maximum absolute atomic E-state index is 12.5. The van der Waals surface area contributed by atoms with Crippen molar-refractivity contribution in [3.8, 4) is 5.75 Å². The molecule has 142 valence electrons. The van der Waals surface area contributed by atoms with Crippen LogP contribution in [0.2, 0.25) is 0 Å². The highest BCUT2D eigenvalue weighted by Gasteiger charge is 2.39. The van der Waals surface area contributed by atoms with Crippen LogP contribution in [0.5, 0.6) is 5.75 Å². The first-order valence-corrected chi connectivity index (χ1v) is 10.8. The molecule has 3 aliphatic rings. The van der Waals surface area contributed by atoms with Crippen LogP contribution in [0.25, 0.3) is 11.6 Å². The summed E-state index contributed by atoms with van der Waals surface area (Å²) in [5, 5.41) is 10.1. The second kappa shape index (κ2) is 6.58. The molecule has 0 radical (unpaired) electrons. The van der Waals surface area contributed by atoms with Crippen LogP contribution in [-0.2, 0) is 16.4 Å². The van der Waals surface area contributed by atoms with Crippen molar-refractivity contribution in [1.82, 2.24) is 9.71 Å². The lowest BCUT2D eigenvalue weighted by Gasteiger charge is -2.39. The molecule has 28 heavy (non-hydrogen) atoms.